The Hall–Kier alpha value is -4.09. The van der Waals surface area contributed by atoms with Gasteiger partial charge in [0.25, 0.3) is 5.91 Å². The van der Waals surface area contributed by atoms with Crippen LogP contribution >= 0.6 is 11.6 Å². The Balaban J connectivity index is 1.18. The third-order valence-electron chi connectivity index (χ3n) is 10.3. The highest BCUT2D eigenvalue weighted by atomic mass is 35.5. The van der Waals surface area contributed by atoms with Crippen molar-refractivity contribution in [3.05, 3.63) is 130 Å². The number of halogens is 1. The van der Waals surface area contributed by atoms with Crippen LogP contribution in [-0.4, -0.2) is 58.8 Å². The third kappa shape index (κ3) is 8.92. The molecule has 274 valence electrons. The van der Waals surface area contributed by atoms with Crippen LogP contribution in [0.3, 0.4) is 0 Å². The van der Waals surface area contributed by atoms with Crippen LogP contribution in [0.1, 0.15) is 73.8 Å². The molecular formula is C42H47ClN2O7. The zero-order chi connectivity index (χ0) is 36.8. The highest BCUT2D eigenvalue weighted by Gasteiger charge is 2.41. The first-order valence-corrected chi connectivity index (χ1v) is 18.3. The third-order valence-corrected chi connectivity index (χ3v) is 10.6. The van der Waals surface area contributed by atoms with Gasteiger partial charge in [0.1, 0.15) is 0 Å². The van der Waals surface area contributed by atoms with Crippen LogP contribution in [0.25, 0.3) is 11.1 Å². The second-order valence-electron chi connectivity index (χ2n) is 13.9. The van der Waals surface area contributed by atoms with Crippen LogP contribution in [0.2, 0.25) is 5.02 Å². The lowest BCUT2D eigenvalue weighted by molar-refractivity contribution is -0.277. The van der Waals surface area contributed by atoms with Crippen molar-refractivity contribution >= 4 is 23.5 Å². The predicted octanol–water partition coefficient (Wildman–Crippen LogP) is 6.84. The SMILES string of the molecule is CC(=O)O[C@@H](C)C(=O)NCc1ccccc1-c1ccc([C@@H]2O[C@H](CN3CCC(O)(c4ccc(Cl)cc4)CC3)[C@H](C)[C@H](c3ccc(CO)cc3)O2)cc1. The molecule has 0 aliphatic carbocycles. The van der Waals surface area contributed by atoms with Crippen molar-refractivity contribution in [2.75, 3.05) is 19.6 Å². The minimum Gasteiger partial charge on any atom is -0.453 e. The Bertz CT molecular complexity index is 1810. The number of carbonyl (C=O) groups is 2. The van der Waals surface area contributed by atoms with Gasteiger partial charge in [-0.2, -0.15) is 0 Å². The molecule has 0 saturated carbocycles. The molecule has 3 N–H and O–H groups in total. The summed E-state index contributed by atoms with van der Waals surface area (Å²) in [4.78, 5) is 26.2. The van der Waals surface area contributed by atoms with Gasteiger partial charge in [0.2, 0.25) is 0 Å². The number of piperidine rings is 1. The monoisotopic (exact) mass is 726 g/mol. The van der Waals surface area contributed by atoms with Gasteiger partial charge in [0.15, 0.2) is 12.4 Å². The summed E-state index contributed by atoms with van der Waals surface area (Å²) < 4.78 is 18.5. The van der Waals surface area contributed by atoms with Gasteiger partial charge in [-0.1, -0.05) is 103 Å². The number of benzene rings is 4. The number of esters is 1. The van der Waals surface area contributed by atoms with E-state index in [0.717, 1.165) is 52.0 Å². The van der Waals surface area contributed by atoms with E-state index in [9.17, 15) is 19.8 Å². The zero-order valence-electron chi connectivity index (χ0n) is 29.8. The van der Waals surface area contributed by atoms with Gasteiger partial charge >= 0.3 is 5.97 Å². The summed E-state index contributed by atoms with van der Waals surface area (Å²) in [5, 5.41) is 24.6. The Kier molecular flexibility index (Phi) is 12.1. The molecule has 0 bridgehead atoms. The molecule has 6 rings (SSSR count). The maximum Gasteiger partial charge on any atom is 0.303 e. The highest BCUT2D eigenvalue weighted by molar-refractivity contribution is 6.30. The predicted molar refractivity (Wildman–Crippen MR) is 199 cm³/mol. The van der Waals surface area contributed by atoms with Crippen molar-refractivity contribution < 1.29 is 34.0 Å². The molecule has 1 amide bonds. The molecule has 0 radical (unpaired) electrons. The second-order valence-corrected chi connectivity index (χ2v) is 14.3. The maximum absolute atomic E-state index is 12.5. The summed E-state index contributed by atoms with van der Waals surface area (Å²) in [6.45, 7) is 7.38. The zero-order valence-corrected chi connectivity index (χ0v) is 30.6. The van der Waals surface area contributed by atoms with Gasteiger partial charge in [-0.25, -0.2) is 0 Å². The molecule has 4 aromatic rings. The normalized spacial score (nSPS) is 22.3. The summed E-state index contributed by atoms with van der Waals surface area (Å²) in [7, 11) is 0. The Morgan fingerprint density at radius 1 is 0.942 bits per heavy atom. The molecule has 2 heterocycles. The molecule has 52 heavy (non-hydrogen) atoms. The fraction of sp³-hybridized carbons (Fsp3) is 0.381. The molecule has 0 spiro atoms. The number of rotatable bonds is 11. The van der Waals surface area contributed by atoms with E-state index in [1.54, 1.807) is 6.92 Å². The molecule has 5 atom stereocenters. The van der Waals surface area contributed by atoms with E-state index in [4.69, 9.17) is 25.8 Å². The summed E-state index contributed by atoms with van der Waals surface area (Å²) >= 11 is 6.10. The lowest BCUT2D eigenvalue weighted by atomic mass is 9.84. The van der Waals surface area contributed by atoms with E-state index < -0.39 is 24.0 Å². The van der Waals surface area contributed by atoms with E-state index >= 15 is 0 Å². The number of nitrogens with one attached hydrogen (secondary N) is 1. The van der Waals surface area contributed by atoms with Crippen molar-refractivity contribution in [3.63, 3.8) is 0 Å². The van der Waals surface area contributed by atoms with Crippen molar-refractivity contribution in [3.8, 4) is 11.1 Å². The van der Waals surface area contributed by atoms with E-state index in [0.29, 0.717) is 24.4 Å². The van der Waals surface area contributed by atoms with Gasteiger partial charge < -0.3 is 34.6 Å². The average molecular weight is 727 g/mol. The fourth-order valence-corrected chi connectivity index (χ4v) is 7.27. The van der Waals surface area contributed by atoms with E-state index in [1.807, 2.05) is 97.1 Å². The van der Waals surface area contributed by atoms with E-state index in [2.05, 4.69) is 17.1 Å². The van der Waals surface area contributed by atoms with Crippen LogP contribution in [0, 0.1) is 5.92 Å². The van der Waals surface area contributed by atoms with Crippen LogP contribution < -0.4 is 5.32 Å². The highest BCUT2D eigenvalue weighted by Crippen LogP contribution is 2.43. The molecule has 2 aliphatic rings. The molecule has 0 aromatic heterocycles. The Morgan fingerprint density at radius 3 is 2.25 bits per heavy atom. The van der Waals surface area contributed by atoms with Crippen LogP contribution in [0.4, 0.5) is 0 Å². The number of nitrogens with zero attached hydrogens (tertiary/aromatic N) is 1. The van der Waals surface area contributed by atoms with Gasteiger partial charge in [-0.05, 0) is 65.3 Å². The largest absolute Gasteiger partial charge is 0.453 e. The Labute approximate surface area is 310 Å². The minimum atomic E-state index is -0.892. The maximum atomic E-state index is 12.5. The lowest BCUT2D eigenvalue weighted by Gasteiger charge is -2.45. The summed E-state index contributed by atoms with van der Waals surface area (Å²) in [6, 6.07) is 31.3. The van der Waals surface area contributed by atoms with Crippen molar-refractivity contribution in [2.24, 2.45) is 5.92 Å². The lowest BCUT2D eigenvalue weighted by Crippen LogP contribution is -2.49. The molecule has 2 fully saturated rings. The first-order valence-electron chi connectivity index (χ1n) is 17.9. The number of ether oxygens (including phenoxy) is 3. The van der Waals surface area contributed by atoms with Crippen molar-refractivity contribution in [1.82, 2.24) is 10.2 Å². The van der Waals surface area contributed by atoms with Gasteiger partial charge in [0.05, 0.1) is 24.4 Å². The molecule has 2 aliphatic heterocycles. The number of amides is 1. The first-order chi connectivity index (χ1) is 25.0. The Morgan fingerprint density at radius 2 is 1.60 bits per heavy atom. The minimum absolute atomic E-state index is 0.0255. The van der Waals surface area contributed by atoms with Gasteiger partial charge in [0, 0.05) is 49.6 Å². The molecular weight excluding hydrogens is 680 g/mol. The van der Waals surface area contributed by atoms with Crippen LogP contribution in [-0.2, 0) is 42.6 Å². The number of likely N-dealkylation sites (tertiary alicyclic amines) is 1. The molecule has 4 aromatic carbocycles. The van der Waals surface area contributed by atoms with Crippen LogP contribution in [0.15, 0.2) is 97.1 Å². The van der Waals surface area contributed by atoms with Gasteiger partial charge in [-0.15, -0.1) is 0 Å². The number of aliphatic hydroxyl groups is 2. The number of hydrogen-bond acceptors (Lipinski definition) is 8. The second kappa shape index (κ2) is 16.7. The van der Waals surface area contributed by atoms with Crippen molar-refractivity contribution in [1.29, 1.82) is 0 Å². The molecule has 2 saturated heterocycles. The van der Waals surface area contributed by atoms with Crippen molar-refractivity contribution in [2.45, 2.75) is 77.0 Å². The summed E-state index contributed by atoms with van der Waals surface area (Å²) in [5.41, 5.74) is 5.61. The number of aliphatic hydroxyl groups excluding tert-OH is 1. The van der Waals surface area contributed by atoms with E-state index in [1.165, 1.54) is 6.92 Å². The van der Waals surface area contributed by atoms with Crippen LogP contribution in [0.5, 0.6) is 0 Å². The molecule has 9 nitrogen and oxygen atoms in total. The standard InChI is InChI=1S/C42H47ClN2O7/c1-27-38(25-45-22-20-42(49,21-23-45)35-16-18-36(43)19-17-35)51-41(52-39(27)32-10-8-30(26-46)9-11-32)33-14-12-31(13-15-33)37-7-5-4-6-34(37)24-44-40(48)28(2)50-29(3)47/h4-19,27-28,38-39,41,46,49H,20-26H2,1-3H3,(H,44,48)/t27-,28-,38+,39+,41+/m0/s1. The number of hydrogen-bond donors (Lipinski definition) is 3. The fourth-order valence-electron chi connectivity index (χ4n) is 7.14. The topological polar surface area (TPSA) is 118 Å². The smallest absolute Gasteiger partial charge is 0.303 e. The summed E-state index contributed by atoms with van der Waals surface area (Å²) in [6.07, 6.45) is -0.674. The summed E-state index contributed by atoms with van der Waals surface area (Å²) in [5.74, 6) is -0.841. The number of carbonyl (C=O) groups excluding carboxylic acids is 2. The first kappa shape index (κ1) is 37.7. The quantitative estimate of drug-likeness (QED) is 0.144. The molecule has 0 unspecified atom stereocenters. The van der Waals surface area contributed by atoms with E-state index in [-0.39, 0.29) is 37.2 Å². The van der Waals surface area contributed by atoms with Gasteiger partial charge in [-0.3, -0.25) is 9.59 Å². The molecule has 10 heteroatoms. The average Bonchev–Trinajstić information content (AvgIpc) is 3.16.